The Labute approximate surface area is 153 Å². The Bertz CT molecular complexity index is 318. The molecule has 2 saturated heterocycles. The molecule has 2 aliphatic rings. The molecule has 2 aliphatic heterocycles. The predicted molar refractivity (Wildman–Crippen MR) is 98.8 cm³/mol. The number of nitrogens with zero attached hydrogens (tertiary/aromatic N) is 1. The van der Waals surface area contributed by atoms with Crippen molar-refractivity contribution in [3.63, 3.8) is 0 Å². The lowest BCUT2D eigenvalue weighted by Crippen LogP contribution is -2.45. The lowest BCUT2D eigenvalue weighted by molar-refractivity contribution is -0.125. The van der Waals surface area contributed by atoms with Gasteiger partial charge in [-0.25, -0.2) is 0 Å². The number of halogens is 2. The molecule has 1 amide bonds. The van der Waals surface area contributed by atoms with Gasteiger partial charge >= 0.3 is 0 Å². The maximum Gasteiger partial charge on any atom is 0.223 e. The number of amides is 1. The van der Waals surface area contributed by atoms with E-state index in [9.17, 15) is 4.79 Å². The van der Waals surface area contributed by atoms with Gasteiger partial charge in [0.1, 0.15) is 0 Å². The van der Waals surface area contributed by atoms with Crippen LogP contribution in [0.5, 0.6) is 0 Å². The summed E-state index contributed by atoms with van der Waals surface area (Å²) >= 11 is 0. The Morgan fingerprint density at radius 2 is 1.74 bits per heavy atom. The third-order valence-electron chi connectivity index (χ3n) is 4.41. The van der Waals surface area contributed by atoms with Crippen LogP contribution in [0.4, 0.5) is 0 Å². The first-order valence-electron chi connectivity index (χ1n) is 8.51. The second-order valence-corrected chi connectivity index (χ2v) is 6.54. The van der Waals surface area contributed by atoms with Crippen LogP contribution < -0.4 is 10.6 Å². The number of carbonyl (C=O) groups is 1. The topological polar surface area (TPSA) is 53.6 Å². The minimum Gasteiger partial charge on any atom is -0.373 e. The van der Waals surface area contributed by atoms with E-state index in [0.29, 0.717) is 12.2 Å². The SMILES string of the molecule is CC1CN(CCCCNC(=O)C2CCNCC2)CC(C)O1.Cl.Cl. The van der Waals surface area contributed by atoms with Crippen LogP contribution in [0, 0.1) is 5.92 Å². The molecule has 0 spiro atoms. The zero-order valence-corrected chi connectivity index (χ0v) is 16.0. The first-order chi connectivity index (χ1) is 10.1. The minimum atomic E-state index is 0. The molecule has 0 aliphatic carbocycles. The van der Waals surface area contributed by atoms with Crippen LogP contribution in [0.1, 0.15) is 39.5 Å². The summed E-state index contributed by atoms with van der Waals surface area (Å²) in [6.45, 7) is 10.2. The summed E-state index contributed by atoms with van der Waals surface area (Å²) in [5, 5.41) is 6.39. The van der Waals surface area contributed by atoms with Gasteiger partial charge in [-0.15, -0.1) is 24.8 Å². The van der Waals surface area contributed by atoms with Crippen LogP contribution in [-0.2, 0) is 9.53 Å². The van der Waals surface area contributed by atoms with Gasteiger partial charge in [-0.05, 0) is 59.2 Å². The zero-order valence-electron chi connectivity index (χ0n) is 14.4. The number of unbranched alkanes of at least 4 members (excludes halogenated alkanes) is 1. The number of hydrogen-bond acceptors (Lipinski definition) is 4. The van der Waals surface area contributed by atoms with Crippen LogP contribution in [0.15, 0.2) is 0 Å². The standard InChI is InChI=1S/C16H31N3O2.2ClH/c1-13-11-19(12-14(2)21-13)10-4-3-7-18-16(20)15-5-8-17-9-6-15;;/h13-15,17H,3-12H2,1-2H3,(H,18,20);2*1H. The van der Waals surface area contributed by atoms with Crippen LogP contribution in [0.25, 0.3) is 0 Å². The summed E-state index contributed by atoms with van der Waals surface area (Å²) in [7, 11) is 0. The molecule has 2 atom stereocenters. The first kappa shape index (κ1) is 22.9. The molecular formula is C16H33Cl2N3O2. The third-order valence-corrected chi connectivity index (χ3v) is 4.41. The molecule has 0 aromatic heterocycles. The average molecular weight is 370 g/mol. The lowest BCUT2D eigenvalue weighted by Gasteiger charge is -2.35. The van der Waals surface area contributed by atoms with Crippen molar-refractivity contribution in [2.24, 2.45) is 5.92 Å². The largest absolute Gasteiger partial charge is 0.373 e. The Hall–Kier alpha value is -0.0700. The fraction of sp³-hybridized carbons (Fsp3) is 0.938. The fourth-order valence-corrected chi connectivity index (χ4v) is 3.37. The molecule has 2 unspecified atom stereocenters. The molecule has 23 heavy (non-hydrogen) atoms. The van der Waals surface area contributed by atoms with Gasteiger partial charge in [0, 0.05) is 25.6 Å². The van der Waals surface area contributed by atoms with E-state index in [2.05, 4.69) is 29.4 Å². The number of ether oxygens (including phenoxy) is 1. The number of carbonyl (C=O) groups excluding carboxylic acids is 1. The predicted octanol–water partition coefficient (Wildman–Crippen LogP) is 1.84. The summed E-state index contributed by atoms with van der Waals surface area (Å²) in [5.74, 6) is 0.484. The highest BCUT2D eigenvalue weighted by molar-refractivity contribution is 5.85. The van der Waals surface area contributed by atoms with Gasteiger partial charge < -0.3 is 15.4 Å². The molecule has 0 aromatic carbocycles. The zero-order chi connectivity index (χ0) is 15.1. The van der Waals surface area contributed by atoms with Crippen LogP contribution in [0.2, 0.25) is 0 Å². The smallest absolute Gasteiger partial charge is 0.223 e. The van der Waals surface area contributed by atoms with Gasteiger partial charge in [-0.1, -0.05) is 0 Å². The Balaban J connectivity index is 0.00000242. The number of nitrogens with one attached hydrogen (secondary N) is 2. The second-order valence-electron chi connectivity index (χ2n) is 6.54. The van der Waals surface area contributed by atoms with Crippen molar-refractivity contribution >= 4 is 30.7 Å². The molecule has 7 heteroatoms. The number of hydrogen-bond donors (Lipinski definition) is 2. The molecule has 0 bridgehead atoms. The highest BCUT2D eigenvalue weighted by Gasteiger charge is 2.22. The Morgan fingerprint density at radius 3 is 2.35 bits per heavy atom. The van der Waals surface area contributed by atoms with E-state index >= 15 is 0 Å². The molecule has 2 rings (SSSR count). The van der Waals surface area contributed by atoms with Crippen LogP contribution >= 0.6 is 24.8 Å². The van der Waals surface area contributed by atoms with E-state index in [1.54, 1.807) is 0 Å². The summed E-state index contributed by atoms with van der Waals surface area (Å²) in [6, 6.07) is 0. The summed E-state index contributed by atoms with van der Waals surface area (Å²) in [4.78, 5) is 14.5. The molecule has 138 valence electrons. The Morgan fingerprint density at radius 1 is 1.13 bits per heavy atom. The molecule has 2 fully saturated rings. The first-order valence-corrected chi connectivity index (χ1v) is 8.51. The fourth-order valence-electron chi connectivity index (χ4n) is 3.37. The van der Waals surface area contributed by atoms with E-state index in [1.807, 2.05) is 0 Å². The number of rotatable bonds is 6. The number of piperidine rings is 1. The molecule has 0 radical (unpaired) electrons. The maximum atomic E-state index is 12.0. The summed E-state index contributed by atoms with van der Waals surface area (Å²) < 4.78 is 5.74. The summed E-state index contributed by atoms with van der Waals surface area (Å²) in [5.41, 5.74) is 0. The van der Waals surface area contributed by atoms with E-state index in [-0.39, 0.29) is 36.6 Å². The summed E-state index contributed by atoms with van der Waals surface area (Å²) in [6.07, 6.45) is 4.86. The quantitative estimate of drug-likeness (QED) is 0.701. The van der Waals surface area contributed by atoms with Gasteiger partial charge in [0.15, 0.2) is 0 Å². The van der Waals surface area contributed by atoms with Gasteiger partial charge in [-0.3, -0.25) is 9.69 Å². The molecular weight excluding hydrogens is 337 g/mol. The van der Waals surface area contributed by atoms with Crippen molar-refractivity contribution in [2.45, 2.75) is 51.7 Å². The van der Waals surface area contributed by atoms with Gasteiger partial charge in [0.05, 0.1) is 12.2 Å². The molecule has 0 aromatic rings. The van der Waals surface area contributed by atoms with Gasteiger partial charge in [0.2, 0.25) is 5.91 Å². The second kappa shape index (κ2) is 12.3. The van der Waals surface area contributed by atoms with E-state index in [4.69, 9.17) is 4.74 Å². The highest BCUT2D eigenvalue weighted by Crippen LogP contribution is 2.12. The van der Waals surface area contributed by atoms with Crippen molar-refractivity contribution in [3.8, 4) is 0 Å². The van der Waals surface area contributed by atoms with Crippen molar-refractivity contribution < 1.29 is 9.53 Å². The van der Waals surface area contributed by atoms with Crippen LogP contribution in [0.3, 0.4) is 0 Å². The van der Waals surface area contributed by atoms with Crippen LogP contribution in [-0.4, -0.2) is 62.3 Å². The van der Waals surface area contributed by atoms with E-state index in [0.717, 1.165) is 65.0 Å². The molecule has 2 heterocycles. The lowest BCUT2D eigenvalue weighted by atomic mass is 9.97. The average Bonchev–Trinajstić information content (AvgIpc) is 2.46. The Kier molecular flexibility index (Phi) is 12.3. The molecule has 2 N–H and O–H groups in total. The normalized spacial score (nSPS) is 26.0. The van der Waals surface area contributed by atoms with Crippen molar-refractivity contribution in [1.82, 2.24) is 15.5 Å². The molecule has 0 saturated carbocycles. The third kappa shape index (κ3) is 8.54. The maximum absolute atomic E-state index is 12.0. The van der Waals surface area contributed by atoms with E-state index < -0.39 is 0 Å². The van der Waals surface area contributed by atoms with Crippen molar-refractivity contribution in [2.75, 3.05) is 39.3 Å². The number of morpholine rings is 1. The highest BCUT2D eigenvalue weighted by atomic mass is 35.5. The van der Waals surface area contributed by atoms with Gasteiger partial charge in [0.25, 0.3) is 0 Å². The van der Waals surface area contributed by atoms with Gasteiger partial charge in [-0.2, -0.15) is 0 Å². The van der Waals surface area contributed by atoms with Crippen molar-refractivity contribution in [1.29, 1.82) is 0 Å². The monoisotopic (exact) mass is 369 g/mol. The molecule has 5 nitrogen and oxygen atoms in total. The minimum absolute atomic E-state index is 0. The van der Waals surface area contributed by atoms with Crippen molar-refractivity contribution in [3.05, 3.63) is 0 Å². The van der Waals surface area contributed by atoms with E-state index in [1.165, 1.54) is 0 Å².